The Balaban J connectivity index is 1.55. The molecule has 0 bridgehead atoms. The lowest BCUT2D eigenvalue weighted by molar-refractivity contribution is 0.619. The molecule has 0 saturated heterocycles. The maximum atomic E-state index is 14.9. The minimum atomic E-state index is -0.505. The SMILES string of the molecule is C=C1c2c(F)cccc2C=C(CNc2ncnc(N)c2C(=N)c2cccc(F)c2)N1c1ccccc1F. The van der Waals surface area contributed by atoms with E-state index in [4.69, 9.17) is 11.1 Å². The number of aromatic nitrogens is 2. The Labute approximate surface area is 211 Å². The predicted octanol–water partition coefficient (Wildman–Crippen LogP) is 5.84. The van der Waals surface area contributed by atoms with E-state index in [1.807, 2.05) is 0 Å². The number of para-hydroxylation sites is 1. The fourth-order valence-electron chi connectivity index (χ4n) is 4.30. The Morgan fingerprint density at radius 1 is 0.973 bits per heavy atom. The van der Waals surface area contributed by atoms with E-state index in [0.717, 1.165) is 0 Å². The molecule has 4 N–H and O–H groups in total. The summed E-state index contributed by atoms with van der Waals surface area (Å²) in [7, 11) is 0. The molecule has 5 rings (SSSR count). The van der Waals surface area contributed by atoms with Crippen LogP contribution in [0.15, 0.2) is 85.3 Å². The van der Waals surface area contributed by atoms with Gasteiger partial charge in [0.1, 0.15) is 35.4 Å². The maximum absolute atomic E-state index is 14.9. The molecule has 1 aliphatic rings. The van der Waals surface area contributed by atoms with Crippen LogP contribution in [-0.4, -0.2) is 22.2 Å². The van der Waals surface area contributed by atoms with E-state index in [1.54, 1.807) is 42.5 Å². The summed E-state index contributed by atoms with van der Waals surface area (Å²) in [6, 6.07) is 16.4. The van der Waals surface area contributed by atoms with Crippen LogP contribution < -0.4 is 16.0 Å². The first-order chi connectivity index (χ1) is 17.8. The van der Waals surface area contributed by atoms with Gasteiger partial charge in [0.2, 0.25) is 0 Å². The molecule has 184 valence electrons. The number of benzene rings is 3. The summed E-state index contributed by atoms with van der Waals surface area (Å²) in [6.45, 7) is 4.15. The first-order valence-electron chi connectivity index (χ1n) is 11.3. The van der Waals surface area contributed by atoms with Crippen LogP contribution in [0.5, 0.6) is 0 Å². The second kappa shape index (κ2) is 9.62. The number of anilines is 3. The summed E-state index contributed by atoms with van der Waals surface area (Å²) in [5.74, 6) is -1.21. The standard InChI is InChI=1S/C28H21F3N6/c1-16-24-17(6-5-10-22(24)31)13-20(37(16)23-11-3-2-9-21(23)30)14-34-28-25(27(33)35-15-36-28)26(32)18-7-4-8-19(29)12-18/h2-13,15,32H,1,14H2,(H3,33,34,35,36). The van der Waals surface area contributed by atoms with Gasteiger partial charge in [-0.1, -0.05) is 43.0 Å². The first-order valence-corrected chi connectivity index (χ1v) is 11.3. The van der Waals surface area contributed by atoms with Crippen LogP contribution in [0.4, 0.5) is 30.5 Å². The Bertz CT molecular complexity index is 1580. The van der Waals surface area contributed by atoms with Crippen molar-refractivity contribution in [3.63, 3.8) is 0 Å². The van der Waals surface area contributed by atoms with E-state index in [2.05, 4.69) is 21.9 Å². The zero-order chi connectivity index (χ0) is 26.1. The molecule has 0 saturated carbocycles. The van der Waals surface area contributed by atoms with E-state index in [1.165, 1.54) is 41.6 Å². The minimum absolute atomic E-state index is 0.0344. The van der Waals surface area contributed by atoms with E-state index < -0.39 is 17.5 Å². The number of nitrogens with one attached hydrogen (secondary N) is 2. The monoisotopic (exact) mass is 498 g/mol. The molecule has 2 heterocycles. The van der Waals surface area contributed by atoms with Crippen LogP contribution in [0.2, 0.25) is 0 Å². The largest absolute Gasteiger partial charge is 0.383 e. The van der Waals surface area contributed by atoms with Gasteiger partial charge in [-0.05, 0) is 42.0 Å². The minimum Gasteiger partial charge on any atom is -0.383 e. The summed E-state index contributed by atoms with van der Waals surface area (Å²) in [5, 5.41) is 11.8. The Hall–Kier alpha value is -4.92. The molecule has 0 fully saturated rings. The molecular weight excluding hydrogens is 477 g/mol. The number of hydrogen-bond donors (Lipinski definition) is 3. The molecule has 0 amide bonds. The zero-order valence-electron chi connectivity index (χ0n) is 19.5. The summed E-state index contributed by atoms with van der Waals surface area (Å²) in [6.07, 6.45) is 2.97. The molecule has 0 radical (unpaired) electrons. The van der Waals surface area contributed by atoms with Gasteiger partial charge < -0.3 is 16.0 Å². The van der Waals surface area contributed by atoms with Crippen LogP contribution in [0.1, 0.15) is 22.3 Å². The zero-order valence-corrected chi connectivity index (χ0v) is 19.5. The molecule has 9 heteroatoms. The lowest BCUT2D eigenvalue weighted by atomic mass is 9.97. The number of fused-ring (bicyclic) bond motifs is 1. The first kappa shape index (κ1) is 23.8. The molecule has 37 heavy (non-hydrogen) atoms. The third-order valence-corrected chi connectivity index (χ3v) is 5.98. The summed E-state index contributed by atoms with van der Waals surface area (Å²) in [4.78, 5) is 9.78. The highest BCUT2D eigenvalue weighted by Gasteiger charge is 2.28. The van der Waals surface area contributed by atoms with Crippen molar-refractivity contribution < 1.29 is 13.2 Å². The number of nitrogens with two attached hydrogens (primary N) is 1. The van der Waals surface area contributed by atoms with Crippen LogP contribution in [0, 0.1) is 22.9 Å². The van der Waals surface area contributed by atoms with Crippen molar-refractivity contribution in [3.05, 3.63) is 125 Å². The predicted molar refractivity (Wildman–Crippen MR) is 140 cm³/mol. The number of nitrogen functional groups attached to an aromatic ring is 1. The average molecular weight is 499 g/mol. The Morgan fingerprint density at radius 2 is 1.73 bits per heavy atom. The second-order valence-electron chi connectivity index (χ2n) is 8.29. The number of halogens is 3. The molecule has 0 unspecified atom stereocenters. The molecule has 1 aliphatic heterocycles. The quantitative estimate of drug-likeness (QED) is 0.291. The highest BCUT2D eigenvalue weighted by Crippen LogP contribution is 2.39. The lowest BCUT2D eigenvalue weighted by Gasteiger charge is -2.34. The van der Waals surface area contributed by atoms with E-state index in [-0.39, 0.29) is 46.4 Å². The summed E-state index contributed by atoms with van der Waals surface area (Å²) < 4.78 is 43.4. The Kier molecular flexibility index (Phi) is 6.19. The number of nitrogens with zero attached hydrogens (tertiary/aromatic N) is 3. The van der Waals surface area contributed by atoms with Crippen molar-refractivity contribution in [3.8, 4) is 0 Å². The number of hydrogen-bond acceptors (Lipinski definition) is 6. The molecule has 3 aromatic carbocycles. The van der Waals surface area contributed by atoms with Gasteiger partial charge in [-0.25, -0.2) is 23.1 Å². The Morgan fingerprint density at radius 3 is 2.51 bits per heavy atom. The fraction of sp³-hybridized carbons (Fsp3) is 0.0357. The van der Waals surface area contributed by atoms with E-state index in [0.29, 0.717) is 16.8 Å². The van der Waals surface area contributed by atoms with Crippen molar-refractivity contribution in [1.29, 1.82) is 5.41 Å². The van der Waals surface area contributed by atoms with Crippen LogP contribution in [-0.2, 0) is 0 Å². The van der Waals surface area contributed by atoms with Crippen molar-refractivity contribution >= 4 is 34.8 Å². The van der Waals surface area contributed by atoms with Crippen molar-refractivity contribution in [1.82, 2.24) is 9.97 Å². The van der Waals surface area contributed by atoms with Gasteiger partial charge >= 0.3 is 0 Å². The third-order valence-electron chi connectivity index (χ3n) is 5.98. The van der Waals surface area contributed by atoms with Crippen molar-refractivity contribution in [2.75, 3.05) is 22.5 Å². The molecule has 0 atom stereocenters. The molecule has 6 nitrogen and oxygen atoms in total. The van der Waals surface area contributed by atoms with Gasteiger partial charge in [0.05, 0.1) is 23.5 Å². The third kappa shape index (κ3) is 4.42. The summed E-state index contributed by atoms with van der Waals surface area (Å²) >= 11 is 0. The maximum Gasteiger partial charge on any atom is 0.147 e. The van der Waals surface area contributed by atoms with Crippen LogP contribution in [0.25, 0.3) is 11.8 Å². The van der Waals surface area contributed by atoms with Gasteiger partial charge in [0, 0.05) is 22.5 Å². The molecule has 0 spiro atoms. The van der Waals surface area contributed by atoms with Gasteiger partial charge in [0.25, 0.3) is 0 Å². The topological polar surface area (TPSA) is 90.9 Å². The smallest absolute Gasteiger partial charge is 0.147 e. The summed E-state index contributed by atoms with van der Waals surface area (Å²) in [5.41, 5.74) is 8.39. The second-order valence-corrected chi connectivity index (χ2v) is 8.29. The van der Waals surface area contributed by atoms with Crippen LogP contribution in [0.3, 0.4) is 0 Å². The van der Waals surface area contributed by atoms with Crippen molar-refractivity contribution in [2.45, 2.75) is 0 Å². The molecule has 4 aromatic rings. The molecule has 1 aromatic heterocycles. The average Bonchev–Trinajstić information content (AvgIpc) is 2.88. The normalized spacial score (nSPS) is 12.7. The van der Waals surface area contributed by atoms with Gasteiger partial charge in [0.15, 0.2) is 0 Å². The fourth-order valence-corrected chi connectivity index (χ4v) is 4.30. The van der Waals surface area contributed by atoms with E-state index >= 15 is 0 Å². The highest BCUT2D eigenvalue weighted by molar-refractivity contribution is 6.16. The lowest BCUT2D eigenvalue weighted by Crippen LogP contribution is -2.29. The van der Waals surface area contributed by atoms with Gasteiger partial charge in [-0.15, -0.1) is 0 Å². The molecular formula is C28H21F3N6. The highest BCUT2D eigenvalue weighted by atomic mass is 19.1. The van der Waals surface area contributed by atoms with Crippen LogP contribution >= 0.6 is 0 Å². The van der Waals surface area contributed by atoms with Gasteiger partial charge in [-0.2, -0.15) is 0 Å². The van der Waals surface area contributed by atoms with Crippen molar-refractivity contribution in [2.24, 2.45) is 0 Å². The molecule has 0 aliphatic carbocycles. The van der Waals surface area contributed by atoms with E-state index in [9.17, 15) is 13.2 Å². The number of rotatable bonds is 6. The van der Waals surface area contributed by atoms with Gasteiger partial charge in [-0.3, -0.25) is 5.41 Å².